The summed E-state index contributed by atoms with van der Waals surface area (Å²) in [5, 5.41) is 0. The summed E-state index contributed by atoms with van der Waals surface area (Å²) in [7, 11) is 0. The summed E-state index contributed by atoms with van der Waals surface area (Å²) in [5.41, 5.74) is 0. The van der Waals surface area contributed by atoms with Gasteiger partial charge in [-0.1, -0.05) is 0 Å². The van der Waals surface area contributed by atoms with Crippen molar-refractivity contribution < 1.29 is 17.6 Å². The summed E-state index contributed by atoms with van der Waals surface area (Å²) < 4.78 is 47.9. The van der Waals surface area contributed by atoms with Crippen LogP contribution in [0.1, 0.15) is 0 Å². The highest BCUT2D eigenvalue weighted by atomic mass is 79.9. The molecule has 0 aliphatic carbocycles. The van der Waals surface area contributed by atoms with Gasteiger partial charge in [-0.15, -0.1) is 0 Å². The summed E-state index contributed by atoms with van der Waals surface area (Å²) in [5.74, 6) is -6.42. The zero-order chi connectivity index (χ0) is 8.59. The summed E-state index contributed by atoms with van der Waals surface area (Å²) in [6, 6.07) is 0. The lowest BCUT2D eigenvalue weighted by molar-refractivity contribution is 0.400. The third-order valence-electron chi connectivity index (χ3n) is 0.944. The number of halogens is 5. The van der Waals surface area contributed by atoms with E-state index in [-0.39, 0.29) is 0 Å². The predicted molar refractivity (Wildman–Crippen MR) is 31.8 cm³/mol. The minimum absolute atomic E-state index is 0.887. The Hall–Kier alpha value is -0.650. The van der Waals surface area contributed by atoms with Gasteiger partial charge in [0.25, 0.3) is 11.9 Å². The van der Waals surface area contributed by atoms with Crippen LogP contribution < -0.4 is 0 Å². The van der Waals surface area contributed by atoms with Gasteiger partial charge in [-0.05, 0) is 15.9 Å². The van der Waals surface area contributed by atoms with E-state index in [1.807, 2.05) is 0 Å². The molecule has 0 radical (unpaired) electrons. The van der Waals surface area contributed by atoms with Crippen LogP contribution in [0, 0.1) is 23.5 Å². The molecule has 0 amide bonds. The van der Waals surface area contributed by atoms with Gasteiger partial charge in [0.2, 0.25) is 0 Å². The van der Waals surface area contributed by atoms with Crippen LogP contribution in [-0.2, 0) is 0 Å². The van der Waals surface area contributed by atoms with Crippen LogP contribution in [0.3, 0.4) is 0 Å². The highest BCUT2D eigenvalue weighted by Crippen LogP contribution is 2.21. The number of aromatic nitrogens is 1. The van der Waals surface area contributed by atoms with Crippen molar-refractivity contribution in [2.75, 3.05) is 0 Å². The molecule has 6 heteroatoms. The molecule has 0 bridgehead atoms. The van der Waals surface area contributed by atoms with Crippen molar-refractivity contribution in [1.82, 2.24) is 4.98 Å². The van der Waals surface area contributed by atoms with Crippen molar-refractivity contribution in [2.45, 2.75) is 0 Å². The van der Waals surface area contributed by atoms with Crippen molar-refractivity contribution in [3.05, 3.63) is 28.0 Å². The number of hydrogen-bond acceptors (Lipinski definition) is 1. The normalized spacial score (nSPS) is 10.3. The van der Waals surface area contributed by atoms with Gasteiger partial charge in [-0.25, -0.2) is 8.78 Å². The van der Waals surface area contributed by atoms with Gasteiger partial charge in [0.05, 0.1) is 4.47 Å². The molecule has 1 nitrogen and oxygen atoms in total. The molecule has 0 saturated heterocycles. The van der Waals surface area contributed by atoms with Crippen LogP contribution in [0.4, 0.5) is 17.6 Å². The van der Waals surface area contributed by atoms with E-state index in [0.717, 1.165) is 0 Å². The molecule has 1 aromatic heterocycles. The van der Waals surface area contributed by atoms with E-state index in [2.05, 4.69) is 20.9 Å². The van der Waals surface area contributed by atoms with Crippen LogP contribution in [0.2, 0.25) is 0 Å². The zero-order valence-corrected chi connectivity index (χ0v) is 6.42. The standard InChI is InChI=1S/C5BrF4N/c6-1-2(7)4(9)11-5(10)3(1)8. The number of nitrogens with zero attached hydrogens (tertiary/aromatic N) is 1. The Kier molecular flexibility index (Phi) is 2.12. The molecule has 0 saturated carbocycles. The maximum Gasteiger partial charge on any atom is 0.252 e. The Balaban J connectivity index is 3.46. The first-order valence-electron chi connectivity index (χ1n) is 2.39. The second-order valence-corrected chi connectivity index (χ2v) is 2.43. The van der Waals surface area contributed by atoms with E-state index >= 15 is 0 Å². The Morgan fingerprint density at radius 3 is 1.64 bits per heavy atom. The van der Waals surface area contributed by atoms with Crippen LogP contribution in [-0.4, -0.2) is 4.98 Å². The minimum Gasteiger partial charge on any atom is -0.201 e. The zero-order valence-electron chi connectivity index (χ0n) is 4.84. The highest BCUT2D eigenvalue weighted by molar-refractivity contribution is 9.10. The average Bonchev–Trinajstić information content (AvgIpc) is 1.97. The third-order valence-corrected chi connectivity index (χ3v) is 1.64. The first-order chi connectivity index (χ1) is 5.04. The SMILES string of the molecule is Fc1nc(F)c(F)c(Br)c1F. The molecule has 0 aromatic carbocycles. The van der Waals surface area contributed by atoms with Crippen LogP contribution in [0.5, 0.6) is 0 Å². The van der Waals surface area contributed by atoms with Gasteiger partial charge >= 0.3 is 0 Å². The summed E-state index contributed by atoms with van der Waals surface area (Å²) in [6.07, 6.45) is 0. The van der Waals surface area contributed by atoms with Gasteiger partial charge < -0.3 is 0 Å². The maximum absolute atomic E-state index is 12.3. The molecule has 1 aromatic rings. The van der Waals surface area contributed by atoms with Gasteiger partial charge in [0, 0.05) is 0 Å². The van der Waals surface area contributed by atoms with E-state index in [9.17, 15) is 17.6 Å². The van der Waals surface area contributed by atoms with Crippen molar-refractivity contribution >= 4 is 15.9 Å². The van der Waals surface area contributed by atoms with Crippen LogP contribution in [0.15, 0.2) is 4.47 Å². The first kappa shape index (κ1) is 8.45. The Morgan fingerprint density at radius 2 is 1.27 bits per heavy atom. The third kappa shape index (κ3) is 1.35. The molecule has 1 heterocycles. The average molecular weight is 230 g/mol. The molecule has 0 aliphatic rings. The summed E-state index contributed by atoms with van der Waals surface area (Å²) in [4.78, 5) is 2.32. The fourth-order valence-electron chi connectivity index (χ4n) is 0.462. The molecule has 0 fully saturated rings. The van der Waals surface area contributed by atoms with E-state index in [0.29, 0.717) is 0 Å². The molecule has 0 aliphatic heterocycles. The molecule has 11 heavy (non-hydrogen) atoms. The highest BCUT2D eigenvalue weighted by Gasteiger charge is 2.17. The molecule has 1 rings (SSSR count). The molecular formula is C5BrF4N. The first-order valence-corrected chi connectivity index (χ1v) is 3.19. The molecule has 60 valence electrons. The number of rotatable bonds is 0. The molecule has 0 spiro atoms. The number of hydrogen-bond donors (Lipinski definition) is 0. The van der Waals surface area contributed by atoms with Crippen molar-refractivity contribution in [3.63, 3.8) is 0 Å². The molecule has 0 atom stereocenters. The van der Waals surface area contributed by atoms with Gasteiger partial charge in [-0.3, -0.25) is 0 Å². The fourth-order valence-corrected chi connectivity index (χ4v) is 0.789. The Bertz CT molecular complexity index is 275. The van der Waals surface area contributed by atoms with Gasteiger partial charge in [-0.2, -0.15) is 13.8 Å². The quantitative estimate of drug-likeness (QED) is 0.492. The molecular weight excluding hydrogens is 230 g/mol. The van der Waals surface area contributed by atoms with E-state index in [1.165, 1.54) is 0 Å². The van der Waals surface area contributed by atoms with E-state index in [4.69, 9.17) is 0 Å². The number of pyridine rings is 1. The predicted octanol–water partition coefficient (Wildman–Crippen LogP) is 2.40. The maximum atomic E-state index is 12.3. The topological polar surface area (TPSA) is 12.9 Å². The van der Waals surface area contributed by atoms with Crippen molar-refractivity contribution in [1.29, 1.82) is 0 Å². The Labute approximate surface area is 67.2 Å². The summed E-state index contributed by atoms with van der Waals surface area (Å²) >= 11 is 2.31. The molecule has 0 N–H and O–H groups in total. The Morgan fingerprint density at radius 1 is 0.909 bits per heavy atom. The lowest BCUT2D eigenvalue weighted by atomic mass is 10.4. The molecule has 0 unspecified atom stereocenters. The second-order valence-electron chi connectivity index (χ2n) is 1.64. The van der Waals surface area contributed by atoms with Crippen LogP contribution in [0.25, 0.3) is 0 Å². The van der Waals surface area contributed by atoms with E-state index in [1.54, 1.807) is 0 Å². The largest absolute Gasteiger partial charge is 0.252 e. The van der Waals surface area contributed by atoms with Crippen LogP contribution >= 0.6 is 15.9 Å². The monoisotopic (exact) mass is 229 g/mol. The van der Waals surface area contributed by atoms with Crippen molar-refractivity contribution in [2.24, 2.45) is 0 Å². The lowest BCUT2D eigenvalue weighted by Crippen LogP contribution is -1.99. The summed E-state index contributed by atoms with van der Waals surface area (Å²) in [6.45, 7) is 0. The minimum atomic E-state index is -1.67. The van der Waals surface area contributed by atoms with Gasteiger partial charge in [0.15, 0.2) is 11.6 Å². The lowest BCUT2D eigenvalue weighted by Gasteiger charge is -1.97. The van der Waals surface area contributed by atoms with E-state index < -0.39 is 28.0 Å². The van der Waals surface area contributed by atoms with Gasteiger partial charge in [0.1, 0.15) is 0 Å². The van der Waals surface area contributed by atoms with Crippen molar-refractivity contribution in [3.8, 4) is 0 Å². The smallest absolute Gasteiger partial charge is 0.201 e. The fraction of sp³-hybridized carbons (Fsp3) is 0. The second kappa shape index (κ2) is 2.77.